The van der Waals surface area contributed by atoms with Crippen molar-refractivity contribution in [2.45, 2.75) is 24.9 Å². The SMILES string of the molecule is CCOC(=O)Cc1csc(NC(=O)CCSc2nc(O)cc(=O)[nH]2)n1. The molecular weight excluding hydrogens is 368 g/mol. The molecule has 9 nitrogen and oxygen atoms in total. The second-order valence-corrected chi connectivity index (χ2v) is 6.62. The summed E-state index contributed by atoms with van der Waals surface area (Å²) in [7, 11) is 0. The number of carbonyl (C=O) groups excluding carboxylic acids is 2. The van der Waals surface area contributed by atoms with Gasteiger partial charge in [-0.3, -0.25) is 14.4 Å². The van der Waals surface area contributed by atoms with Crippen molar-refractivity contribution >= 4 is 40.1 Å². The van der Waals surface area contributed by atoms with Crippen LogP contribution in [0.1, 0.15) is 19.0 Å². The quantitative estimate of drug-likeness (QED) is 0.351. The van der Waals surface area contributed by atoms with Crippen LogP contribution in [0.3, 0.4) is 0 Å². The Hall–Kier alpha value is -2.40. The number of esters is 1. The van der Waals surface area contributed by atoms with Crippen LogP contribution < -0.4 is 10.9 Å². The summed E-state index contributed by atoms with van der Waals surface area (Å²) in [5, 5.41) is 14.2. The van der Waals surface area contributed by atoms with Gasteiger partial charge in [0, 0.05) is 17.6 Å². The van der Waals surface area contributed by atoms with Crippen molar-refractivity contribution in [1.82, 2.24) is 15.0 Å². The van der Waals surface area contributed by atoms with Gasteiger partial charge < -0.3 is 20.1 Å². The van der Waals surface area contributed by atoms with Crippen LogP contribution in [-0.2, 0) is 20.7 Å². The molecule has 3 N–H and O–H groups in total. The standard InChI is InChI=1S/C14H16N4O5S2/c1-2-23-12(22)5-8-7-25-13(15-8)16-9(19)3-4-24-14-17-10(20)6-11(21)18-14/h6-7H,2-5H2,1H3,(H,15,16,19)(H2,17,18,20,21). The number of aromatic hydroxyl groups is 1. The minimum Gasteiger partial charge on any atom is -0.493 e. The summed E-state index contributed by atoms with van der Waals surface area (Å²) in [4.78, 5) is 44.8. The molecule has 2 rings (SSSR count). The van der Waals surface area contributed by atoms with Crippen molar-refractivity contribution in [3.8, 4) is 5.88 Å². The van der Waals surface area contributed by atoms with Crippen LogP contribution in [0.2, 0.25) is 0 Å². The lowest BCUT2D eigenvalue weighted by Crippen LogP contribution is -2.13. The highest BCUT2D eigenvalue weighted by atomic mass is 32.2. The second kappa shape index (κ2) is 9.18. The topological polar surface area (TPSA) is 134 Å². The highest BCUT2D eigenvalue weighted by Gasteiger charge is 2.11. The van der Waals surface area contributed by atoms with Crippen LogP contribution in [0.25, 0.3) is 0 Å². The normalized spacial score (nSPS) is 10.4. The van der Waals surface area contributed by atoms with Gasteiger partial charge >= 0.3 is 5.97 Å². The van der Waals surface area contributed by atoms with E-state index < -0.39 is 5.56 Å². The zero-order chi connectivity index (χ0) is 18.2. The number of thiazole rings is 1. The van der Waals surface area contributed by atoms with Crippen LogP contribution in [0.4, 0.5) is 5.13 Å². The van der Waals surface area contributed by atoms with E-state index in [0.29, 0.717) is 23.2 Å². The molecular formula is C14H16N4O5S2. The number of rotatable bonds is 8. The number of amides is 1. The number of hydrogen-bond acceptors (Lipinski definition) is 9. The Kier molecular flexibility index (Phi) is 6.95. The van der Waals surface area contributed by atoms with Gasteiger partial charge in [0.1, 0.15) is 0 Å². The van der Waals surface area contributed by atoms with E-state index in [0.717, 1.165) is 17.8 Å². The third-order valence-electron chi connectivity index (χ3n) is 2.70. The molecule has 0 aliphatic heterocycles. The van der Waals surface area contributed by atoms with Gasteiger partial charge in [-0.05, 0) is 6.92 Å². The van der Waals surface area contributed by atoms with E-state index in [2.05, 4.69) is 20.3 Å². The molecule has 0 fully saturated rings. The van der Waals surface area contributed by atoms with Gasteiger partial charge in [-0.1, -0.05) is 11.8 Å². The molecule has 0 unspecified atom stereocenters. The molecule has 0 spiro atoms. The van der Waals surface area contributed by atoms with E-state index >= 15 is 0 Å². The Morgan fingerprint density at radius 1 is 1.44 bits per heavy atom. The molecule has 2 aromatic heterocycles. The number of ether oxygens (including phenoxy) is 1. The first kappa shape index (κ1) is 18.9. The van der Waals surface area contributed by atoms with E-state index in [1.807, 2.05) is 0 Å². The fourth-order valence-electron chi connectivity index (χ4n) is 1.72. The third-order valence-corrected chi connectivity index (χ3v) is 4.38. The molecule has 0 saturated heterocycles. The summed E-state index contributed by atoms with van der Waals surface area (Å²) in [6, 6.07) is 0.965. The lowest BCUT2D eigenvalue weighted by molar-refractivity contribution is -0.142. The number of nitrogens with zero attached hydrogens (tertiary/aromatic N) is 2. The number of hydrogen-bond donors (Lipinski definition) is 3. The number of H-pyrrole nitrogens is 1. The van der Waals surface area contributed by atoms with E-state index in [1.54, 1.807) is 12.3 Å². The molecule has 0 bridgehead atoms. The number of aromatic amines is 1. The lowest BCUT2D eigenvalue weighted by atomic mass is 10.3. The Balaban J connectivity index is 1.77. The van der Waals surface area contributed by atoms with Gasteiger partial charge in [-0.25, -0.2) is 4.98 Å². The summed E-state index contributed by atoms with van der Waals surface area (Å²) >= 11 is 2.36. The highest BCUT2D eigenvalue weighted by molar-refractivity contribution is 7.99. The van der Waals surface area contributed by atoms with E-state index in [1.165, 1.54) is 11.3 Å². The van der Waals surface area contributed by atoms with Crippen molar-refractivity contribution < 1.29 is 19.4 Å². The number of anilines is 1. The second-order valence-electron chi connectivity index (χ2n) is 4.68. The molecule has 0 atom stereocenters. The maximum absolute atomic E-state index is 11.9. The number of carbonyl (C=O) groups is 2. The first-order valence-corrected chi connectivity index (χ1v) is 9.15. The van der Waals surface area contributed by atoms with Gasteiger partial charge in [0.25, 0.3) is 5.56 Å². The Bertz CT molecular complexity index is 805. The lowest BCUT2D eigenvalue weighted by Gasteiger charge is -2.02. The summed E-state index contributed by atoms with van der Waals surface area (Å²) in [6.45, 7) is 2.04. The van der Waals surface area contributed by atoms with Crippen LogP contribution >= 0.6 is 23.1 Å². The van der Waals surface area contributed by atoms with Crippen molar-refractivity contribution in [3.63, 3.8) is 0 Å². The molecule has 0 aliphatic carbocycles. The van der Waals surface area contributed by atoms with Crippen LogP contribution in [0.5, 0.6) is 5.88 Å². The summed E-state index contributed by atoms with van der Waals surface area (Å²) in [5.41, 5.74) is 0.0750. The number of aromatic nitrogens is 3. The average Bonchev–Trinajstić information content (AvgIpc) is 2.93. The number of thioether (sulfide) groups is 1. The first-order chi connectivity index (χ1) is 12.0. The third kappa shape index (κ3) is 6.55. The molecule has 2 heterocycles. The van der Waals surface area contributed by atoms with E-state index in [4.69, 9.17) is 4.74 Å². The fourth-order valence-corrected chi connectivity index (χ4v) is 3.26. The zero-order valence-electron chi connectivity index (χ0n) is 13.3. The smallest absolute Gasteiger partial charge is 0.311 e. The largest absolute Gasteiger partial charge is 0.493 e. The zero-order valence-corrected chi connectivity index (χ0v) is 14.9. The van der Waals surface area contributed by atoms with Gasteiger partial charge in [0.2, 0.25) is 11.8 Å². The molecule has 1 amide bonds. The Morgan fingerprint density at radius 3 is 2.96 bits per heavy atom. The molecule has 0 aliphatic rings. The summed E-state index contributed by atoms with van der Waals surface area (Å²) < 4.78 is 4.83. The average molecular weight is 384 g/mol. The van der Waals surface area contributed by atoms with Crippen LogP contribution in [-0.4, -0.2) is 44.3 Å². The maximum Gasteiger partial charge on any atom is 0.311 e. The molecule has 134 valence electrons. The minimum absolute atomic E-state index is 0.0621. The van der Waals surface area contributed by atoms with Crippen molar-refractivity contribution in [2.24, 2.45) is 0 Å². The molecule has 11 heteroatoms. The van der Waals surface area contributed by atoms with E-state index in [9.17, 15) is 19.5 Å². The highest BCUT2D eigenvalue weighted by Crippen LogP contribution is 2.18. The van der Waals surface area contributed by atoms with Crippen LogP contribution in [0, 0.1) is 0 Å². The molecule has 0 aromatic carbocycles. The van der Waals surface area contributed by atoms with Gasteiger partial charge in [0.05, 0.1) is 24.8 Å². The molecule has 0 radical (unpaired) electrons. The monoisotopic (exact) mass is 384 g/mol. The Labute approximate surface area is 150 Å². The molecule has 2 aromatic rings. The maximum atomic E-state index is 11.9. The predicted molar refractivity (Wildman–Crippen MR) is 92.9 cm³/mol. The van der Waals surface area contributed by atoms with Gasteiger partial charge in [-0.2, -0.15) is 4.98 Å². The van der Waals surface area contributed by atoms with Crippen molar-refractivity contribution in [3.05, 3.63) is 27.5 Å². The minimum atomic E-state index is -0.462. The summed E-state index contributed by atoms with van der Waals surface area (Å²) in [5.74, 6) is -0.631. The van der Waals surface area contributed by atoms with Gasteiger partial charge in [0.15, 0.2) is 10.3 Å². The van der Waals surface area contributed by atoms with Crippen LogP contribution in [0.15, 0.2) is 21.4 Å². The fraction of sp³-hybridized carbons (Fsp3) is 0.357. The van der Waals surface area contributed by atoms with Gasteiger partial charge in [-0.15, -0.1) is 11.3 Å². The number of nitrogens with one attached hydrogen (secondary N) is 2. The molecule has 25 heavy (non-hydrogen) atoms. The van der Waals surface area contributed by atoms with Crippen molar-refractivity contribution in [2.75, 3.05) is 17.7 Å². The first-order valence-electron chi connectivity index (χ1n) is 7.29. The Morgan fingerprint density at radius 2 is 2.24 bits per heavy atom. The molecule has 0 saturated carbocycles. The predicted octanol–water partition coefficient (Wildman–Crippen LogP) is 1.16. The van der Waals surface area contributed by atoms with Crippen molar-refractivity contribution in [1.29, 1.82) is 0 Å². The summed E-state index contributed by atoms with van der Waals surface area (Å²) in [6.07, 6.45) is 0.226. The van der Waals surface area contributed by atoms with E-state index in [-0.39, 0.29) is 35.8 Å².